The molecule has 276 valence electrons. The summed E-state index contributed by atoms with van der Waals surface area (Å²) in [4.78, 5) is 17.8. The number of rotatable bonds is 35. The van der Waals surface area contributed by atoms with E-state index in [1.807, 2.05) is 0 Å². The van der Waals surface area contributed by atoms with E-state index in [2.05, 4.69) is 60.2 Å². The van der Waals surface area contributed by atoms with Crippen molar-refractivity contribution in [2.45, 2.75) is 213 Å². The van der Waals surface area contributed by atoms with Crippen molar-refractivity contribution in [1.82, 2.24) is 15.1 Å². The number of amides is 1. The Morgan fingerprint density at radius 3 is 1.38 bits per heavy atom. The predicted octanol–water partition coefficient (Wildman–Crippen LogP) is 12.5. The first-order valence-electron chi connectivity index (χ1n) is 21.3. The van der Waals surface area contributed by atoms with Gasteiger partial charge in [-0.2, -0.15) is 0 Å². The molecule has 4 heteroatoms. The van der Waals surface area contributed by atoms with Crippen molar-refractivity contribution in [3.63, 3.8) is 0 Å². The third kappa shape index (κ3) is 27.4. The summed E-state index contributed by atoms with van der Waals surface area (Å²) in [7, 11) is 0. The van der Waals surface area contributed by atoms with Crippen LogP contribution in [-0.2, 0) is 4.79 Å². The summed E-state index contributed by atoms with van der Waals surface area (Å²) in [5.41, 5.74) is 0. The van der Waals surface area contributed by atoms with E-state index in [0.717, 1.165) is 26.1 Å². The van der Waals surface area contributed by atoms with Crippen LogP contribution in [0.2, 0.25) is 0 Å². The quantitative estimate of drug-likeness (QED) is 0.0544. The summed E-state index contributed by atoms with van der Waals surface area (Å²) < 4.78 is 0. The van der Waals surface area contributed by atoms with Crippen molar-refractivity contribution >= 4 is 5.91 Å². The second-order valence-corrected chi connectivity index (χ2v) is 14.6. The highest BCUT2D eigenvalue weighted by Gasteiger charge is 2.30. The molecule has 0 bridgehead atoms. The molecular weight excluding hydrogens is 574 g/mol. The van der Waals surface area contributed by atoms with Crippen molar-refractivity contribution in [2.75, 3.05) is 32.7 Å². The molecule has 0 aromatic carbocycles. The van der Waals surface area contributed by atoms with E-state index in [-0.39, 0.29) is 5.91 Å². The van der Waals surface area contributed by atoms with E-state index in [9.17, 15) is 4.79 Å². The van der Waals surface area contributed by atoms with Gasteiger partial charge in [0.2, 0.25) is 5.91 Å². The van der Waals surface area contributed by atoms with E-state index in [1.54, 1.807) is 0 Å². The summed E-state index contributed by atoms with van der Waals surface area (Å²) >= 11 is 0. The SMILES string of the molecule is CCCCCCCC/C=C\CCCCCCCC(=O)NCCN1CCN(CCC)C1CCCCCCC/C=C\CCCCCCCC. The molecule has 0 aromatic rings. The van der Waals surface area contributed by atoms with Crippen molar-refractivity contribution < 1.29 is 4.79 Å². The van der Waals surface area contributed by atoms with Gasteiger partial charge in [0, 0.05) is 32.6 Å². The van der Waals surface area contributed by atoms with Gasteiger partial charge in [0.05, 0.1) is 6.17 Å². The number of nitrogens with one attached hydrogen (secondary N) is 1. The maximum Gasteiger partial charge on any atom is 0.220 e. The van der Waals surface area contributed by atoms with Crippen LogP contribution in [0, 0.1) is 0 Å². The summed E-state index contributed by atoms with van der Waals surface area (Å²) in [6.07, 6.45) is 48.0. The number of allylic oxidation sites excluding steroid dienone is 4. The molecule has 4 nitrogen and oxygen atoms in total. The lowest BCUT2D eigenvalue weighted by Crippen LogP contribution is -2.42. The molecule has 0 aromatic heterocycles. The molecule has 0 saturated carbocycles. The molecule has 0 radical (unpaired) electrons. The van der Waals surface area contributed by atoms with Gasteiger partial charge in [-0.25, -0.2) is 0 Å². The number of carbonyl (C=O) groups excluding carboxylic acids is 1. The number of unbranched alkanes of at least 4 members (excludes halogenated alkanes) is 22. The average molecular weight is 658 g/mol. The maximum atomic E-state index is 12.5. The molecule has 1 aliphatic rings. The minimum atomic E-state index is 0.251. The lowest BCUT2D eigenvalue weighted by Gasteiger charge is -2.30. The zero-order valence-corrected chi connectivity index (χ0v) is 32.2. The highest BCUT2D eigenvalue weighted by molar-refractivity contribution is 5.75. The Hall–Kier alpha value is -1.13. The summed E-state index contributed by atoms with van der Waals surface area (Å²) in [6, 6.07) is 0. The highest BCUT2D eigenvalue weighted by atomic mass is 16.1. The van der Waals surface area contributed by atoms with Gasteiger partial charge in [-0.1, -0.05) is 154 Å². The first-order valence-corrected chi connectivity index (χ1v) is 21.3. The van der Waals surface area contributed by atoms with Gasteiger partial charge in [-0.3, -0.25) is 14.6 Å². The Morgan fingerprint density at radius 1 is 0.511 bits per heavy atom. The zero-order chi connectivity index (χ0) is 33.9. The smallest absolute Gasteiger partial charge is 0.220 e. The van der Waals surface area contributed by atoms with Crippen molar-refractivity contribution in [3.8, 4) is 0 Å². The maximum absolute atomic E-state index is 12.5. The fraction of sp³-hybridized carbons (Fsp3) is 0.884. The summed E-state index contributed by atoms with van der Waals surface area (Å²) in [5.74, 6) is 0.251. The molecule has 1 aliphatic heterocycles. The molecule has 0 spiro atoms. The van der Waals surface area contributed by atoms with Gasteiger partial charge in [0.1, 0.15) is 0 Å². The van der Waals surface area contributed by atoms with E-state index in [0.29, 0.717) is 12.6 Å². The molecule has 1 fully saturated rings. The fourth-order valence-corrected chi connectivity index (χ4v) is 7.14. The third-order valence-electron chi connectivity index (χ3n) is 10.1. The number of carbonyl (C=O) groups is 1. The highest BCUT2D eigenvalue weighted by Crippen LogP contribution is 2.21. The van der Waals surface area contributed by atoms with Crippen LogP contribution < -0.4 is 5.32 Å². The van der Waals surface area contributed by atoms with E-state index in [4.69, 9.17) is 0 Å². The van der Waals surface area contributed by atoms with Gasteiger partial charge in [-0.05, 0) is 77.2 Å². The Bertz CT molecular complexity index is 720. The van der Waals surface area contributed by atoms with Crippen LogP contribution in [-0.4, -0.2) is 54.6 Å². The minimum Gasteiger partial charge on any atom is -0.355 e. The Balaban J connectivity index is 2.03. The monoisotopic (exact) mass is 658 g/mol. The molecular formula is C43H83N3O. The summed E-state index contributed by atoms with van der Waals surface area (Å²) in [6.45, 7) is 12.2. The first kappa shape index (κ1) is 43.9. The molecule has 1 heterocycles. The van der Waals surface area contributed by atoms with Gasteiger partial charge < -0.3 is 5.32 Å². The zero-order valence-electron chi connectivity index (χ0n) is 32.2. The van der Waals surface area contributed by atoms with Gasteiger partial charge in [-0.15, -0.1) is 0 Å². The number of hydrogen-bond acceptors (Lipinski definition) is 3. The average Bonchev–Trinajstić information content (AvgIpc) is 3.45. The third-order valence-corrected chi connectivity index (χ3v) is 10.1. The molecule has 1 amide bonds. The predicted molar refractivity (Wildman–Crippen MR) is 209 cm³/mol. The van der Waals surface area contributed by atoms with Crippen LogP contribution in [0.1, 0.15) is 207 Å². The van der Waals surface area contributed by atoms with Gasteiger partial charge in [0.25, 0.3) is 0 Å². The van der Waals surface area contributed by atoms with E-state index in [1.165, 1.54) is 186 Å². The topological polar surface area (TPSA) is 35.6 Å². The van der Waals surface area contributed by atoms with Crippen molar-refractivity contribution in [2.24, 2.45) is 0 Å². The number of hydrogen-bond donors (Lipinski definition) is 1. The van der Waals surface area contributed by atoms with E-state index >= 15 is 0 Å². The Morgan fingerprint density at radius 2 is 0.915 bits per heavy atom. The van der Waals surface area contributed by atoms with Crippen LogP contribution in [0.25, 0.3) is 0 Å². The first-order chi connectivity index (χ1) is 23.2. The second-order valence-electron chi connectivity index (χ2n) is 14.6. The Kier molecular flexibility index (Phi) is 32.4. The van der Waals surface area contributed by atoms with Crippen LogP contribution in [0.15, 0.2) is 24.3 Å². The largest absolute Gasteiger partial charge is 0.355 e. The van der Waals surface area contributed by atoms with E-state index < -0.39 is 0 Å². The standard InChI is InChI=1S/C43H83N3O/c1-4-7-9-11-13-15-17-19-21-23-25-27-29-31-33-35-42(47)44-37-39-46-41-40-45(38-6-3)43(46)36-34-32-30-28-26-24-22-20-18-16-14-12-10-8-5-2/h19-22,43H,4-18,23-41H2,1-3H3,(H,44,47)/b21-19-,22-20-. The van der Waals surface area contributed by atoms with Gasteiger partial charge in [0.15, 0.2) is 0 Å². The molecule has 1 atom stereocenters. The molecule has 47 heavy (non-hydrogen) atoms. The van der Waals surface area contributed by atoms with Crippen LogP contribution >= 0.6 is 0 Å². The summed E-state index contributed by atoms with van der Waals surface area (Å²) in [5, 5.41) is 3.23. The molecule has 1 saturated heterocycles. The fourth-order valence-electron chi connectivity index (χ4n) is 7.14. The molecule has 1 unspecified atom stereocenters. The van der Waals surface area contributed by atoms with Crippen molar-refractivity contribution in [1.29, 1.82) is 0 Å². The second kappa shape index (κ2) is 34.7. The van der Waals surface area contributed by atoms with Crippen LogP contribution in [0.5, 0.6) is 0 Å². The lowest BCUT2D eigenvalue weighted by molar-refractivity contribution is -0.121. The van der Waals surface area contributed by atoms with Crippen molar-refractivity contribution in [3.05, 3.63) is 24.3 Å². The van der Waals surface area contributed by atoms with Crippen LogP contribution in [0.3, 0.4) is 0 Å². The van der Waals surface area contributed by atoms with Crippen LogP contribution in [0.4, 0.5) is 0 Å². The molecule has 1 N–H and O–H groups in total. The minimum absolute atomic E-state index is 0.251. The molecule has 0 aliphatic carbocycles. The molecule has 1 rings (SSSR count). The lowest BCUT2D eigenvalue weighted by atomic mass is 10.1. The number of nitrogens with zero attached hydrogens (tertiary/aromatic N) is 2. The Labute approximate surface area is 295 Å². The normalized spacial score (nSPS) is 15.9. The van der Waals surface area contributed by atoms with Gasteiger partial charge >= 0.3 is 0 Å².